The molecule has 1 atom stereocenters. The van der Waals surface area contributed by atoms with Crippen molar-refractivity contribution in [1.82, 2.24) is 0 Å². The van der Waals surface area contributed by atoms with Crippen molar-refractivity contribution < 1.29 is 9.53 Å². The summed E-state index contributed by atoms with van der Waals surface area (Å²) in [6, 6.07) is 0. The maximum absolute atomic E-state index is 11.9. The number of carbonyl (C=O) groups excluding carboxylic acids is 1. The van der Waals surface area contributed by atoms with E-state index in [0.717, 1.165) is 25.2 Å². The van der Waals surface area contributed by atoms with Crippen LogP contribution in [0, 0.1) is 5.92 Å². The number of unbranched alkanes of at least 4 members (excludes halogenated alkanes) is 22. The zero-order valence-corrected chi connectivity index (χ0v) is 26.6. The summed E-state index contributed by atoms with van der Waals surface area (Å²) in [7, 11) is 0. The molecule has 0 rings (SSSR count). The molecule has 0 aliphatic heterocycles. The molecule has 0 aromatic carbocycles. The van der Waals surface area contributed by atoms with Gasteiger partial charge < -0.3 is 4.74 Å². The fourth-order valence-electron chi connectivity index (χ4n) is 5.17. The fourth-order valence-corrected chi connectivity index (χ4v) is 5.17. The number of hydrogen-bond donors (Lipinski definition) is 0. The predicted molar refractivity (Wildman–Crippen MR) is 170 cm³/mol. The molecule has 0 amide bonds. The molecule has 0 saturated carbocycles. The van der Waals surface area contributed by atoms with Crippen molar-refractivity contribution in [3.05, 3.63) is 12.2 Å². The Morgan fingerprint density at radius 2 is 0.974 bits per heavy atom. The lowest BCUT2D eigenvalue weighted by molar-refractivity contribution is -0.143. The van der Waals surface area contributed by atoms with Crippen molar-refractivity contribution in [2.75, 3.05) is 6.61 Å². The highest BCUT2D eigenvalue weighted by atomic mass is 16.5. The van der Waals surface area contributed by atoms with Crippen LogP contribution in [0.3, 0.4) is 0 Å². The topological polar surface area (TPSA) is 26.3 Å². The summed E-state index contributed by atoms with van der Waals surface area (Å²) < 4.78 is 5.43. The van der Waals surface area contributed by atoms with Crippen LogP contribution in [0.4, 0.5) is 0 Å². The maximum atomic E-state index is 11.9. The van der Waals surface area contributed by atoms with Gasteiger partial charge in [0.15, 0.2) is 0 Å². The van der Waals surface area contributed by atoms with Crippen LogP contribution in [-0.4, -0.2) is 12.6 Å². The van der Waals surface area contributed by atoms with Crippen molar-refractivity contribution in [3.63, 3.8) is 0 Å². The Bertz CT molecular complexity index is 484. The number of allylic oxidation sites excluding steroid dienone is 2. The molecule has 2 heteroatoms. The van der Waals surface area contributed by atoms with Gasteiger partial charge in [-0.05, 0) is 44.4 Å². The molecule has 0 aromatic rings. The van der Waals surface area contributed by atoms with Crippen LogP contribution in [0.5, 0.6) is 0 Å². The highest BCUT2D eigenvalue weighted by Gasteiger charge is 2.03. The van der Waals surface area contributed by atoms with E-state index in [1.807, 2.05) is 0 Å². The first-order valence-electron chi connectivity index (χ1n) is 17.5. The number of ether oxygens (including phenoxy) is 1. The summed E-state index contributed by atoms with van der Waals surface area (Å²) in [6.45, 7) is 7.59. The van der Waals surface area contributed by atoms with Crippen LogP contribution in [0.1, 0.15) is 201 Å². The van der Waals surface area contributed by atoms with Crippen LogP contribution in [0.15, 0.2) is 12.2 Å². The quantitative estimate of drug-likeness (QED) is 0.0502. The normalized spacial score (nSPS) is 12.4. The molecule has 226 valence electrons. The van der Waals surface area contributed by atoms with Crippen molar-refractivity contribution in [2.24, 2.45) is 5.92 Å². The summed E-state index contributed by atoms with van der Waals surface area (Å²) in [5.74, 6) is 0.937. The molecule has 0 aliphatic carbocycles. The molecule has 38 heavy (non-hydrogen) atoms. The highest BCUT2D eigenvalue weighted by molar-refractivity contribution is 5.69. The van der Waals surface area contributed by atoms with E-state index in [-0.39, 0.29) is 5.97 Å². The van der Waals surface area contributed by atoms with E-state index < -0.39 is 0 Å². The lowest BCUT2D eigenvalue weighted by atomic mass is 9.99. The zero-order valence-electron chi connectivity index (χ0n) is 26.6. The first-order chi connectivity index (χ1) is 18.7. The Kier molecular flexibility index (Phi) is 31.7. The smallest absolute Gasteiger partial charge is 0.305 e. The van der Waals surface area contributed by atoms with E-state index in [2.05, 4.69) is 32.9 Å². The summed E-state index contributed by atoms with van der Waals surface area (Å²) in [6.07, 6.45) is 41.1. The lowest BCUT2D eigenvalue weighted by Gasteiger charge is -2.07. The maximum Gasteiger partial charge on any atom is 0.305 e. The number of esters is 1. The van der Waals surface area contributed by atoms with Crippen LogP contribution in [0.25, 0.3) is 0 Å². The van der Waals surface area contributed by atoms with Gasteiger partial charge in [-0.3, -0.25) is 4.79 Å². The van der Waals surface area contributed by atoms with Gasteiger partial charge in [-0.1, -0.05) is 168 Å². The fraction of sp³-hybridized carbons (Fsp3) is 0.917. The van der Waals surface area contributed by atoms with Crippen molar-refractivity contribution >= 4 is 5.97 Å². The summed E-state index contributed by atoms with van der Waals surface area (Å²) >= 11 is 0. The largest absolute Gasteiger partial charge is 0.466 e. The molecule has 0 fully saturated rings. The van der Waals surface area contributed by atoms with E-state index in [4.69, 9.17) is 4.74 Å². The average Bonchev–Trinajstić information content (AvgIpc) is 2.92. The Balaban J connectivity index is 3.20. The van der Waals surface area contributed by atoms with Crippen molar-refractivity contribution in [1.29, 1.82) is 0 Å². The van der Waals surface area contributed by atoms with Crippen LogP contribution >= 0.6 is 0 Å². The van der Waals surface area contributed by atoms with Gasteiger partial charge >= 0.3 is 5.97 Å². The van der Waals surface area contributed by atoms with Crippen LogP contribution in [-0.2, 0) is 9.53 Å². The molecule has 0 radical (unpaired) electrons. The molecule has 1 unspecified atom stereocenters. The SMILES string of the molecule is CCCCCCCC/C=C\CCCCCCCC(=O)OCCCCCCCCCCCCCCC(C)CC. The van der Waals surface area contributed by atoms with Gasteiger partial charge in [0.25, 0.3) is 0 Å². The van der Waals surface area contributed by atoms with E-state index in [0.29, 0.717) is 13.0 Å². The minimum absolute atomic E-state index is 0.0162. The number of carbonyl (C=O) groups is 1. The molecule has 0 heterocycles. The second kappa shape index (κ2) is 32.4. The first-order valence-corrected chi connectivity index (χ1v) is 17.5. The minimum Gasteiger partial charge on any atom is -0.466 e. The first kappa shape index (κ1) is 37.2. The summed E-state index contributed by atoms with van der Waals surface area (Å²) in [5, 5.41) is 0. The molecular weight excluding hydrogens is 464 g/mol. The van der Waals surface area contributed by atoms with E-state index in [9.17, 15) is 4.79 Å². The molecule has 0 saturated heterocycles. The van der Waals surface area contributed by atoms with E-state index in [1.54, 1.807) is 0 Å². The molecule has 0 bridgehead atoms. The van der Waals surface area contributed by atoms with E-state index >= 15 is 0 Å². The zero-order chi connectivity index (χ0) is 27.8. The average molecular weight is 535 g/mol. The Morgan fingerprint density at radius 3 is 1.47 bits per heavy atom. The predicted octanol–water partition coefficient (Wildman–Crippen LogP) is 12.7. The third-order valence-electron chi connectivity index (χ3n) is 8.19. The van der Waals surface area contributed by atoms with Gasteiger partial charge in [-0.15, -0.1) is 0 Å². The molecular formula is C36H70O2. The Hall–Kier alpha value is -0.790. The van der Waals surface area contributed by atoms with Gasteiger partial charge in [0.05, 0.1) is 6.61 Å². The molecule has 0 spiro atoms. The minimum atomic E-state index is 0.0162. The summed E-state index contributed by atoms with van der Waals surface area (Å²) in [4.78, 5) is 11.9. The molecule has 0 aliphatic rings. The second-order valence-corrected chi connectivity index (χ2v) is 12.1. The van der Waals surface area contributed by atoms with E-state index in [1.165, 1.54) is 154 Å². The number of hydrogen-bond acceptors (Lipinski definition) is 2. The number of rotatable bonds is 31. The van der Waals surface area contributed by atoms with Crippen molar-refractivity contribution in [3.8, 4) is 0 Å². The second-order valence-electron chi connectivity index (χ2n) is 12.1. The van der Waals surface area contributed by atoms with Crippen LogP contribution in [0.2, 0.25) is 0 Å². The third kappa shape index (κ3) is 31.4. The van der Waals surface area contributed by atoms with Gasteiger partial charge in [-0.25, -0.2) is 0 Å². The van der Waals surface area contributed by atoms with Gasteiger partial charge in [-0.2, -0.15) is 0 Å². The van der Waals surface area contributed by atoms with Gasteiger partial charge in [0.2, 0.25) is 0 Å². The highest BCUT2D eigenvalue weighted by Crippen LogP contribution is 2.16. The van der Waals surface area contributed by atoms with Gasteiger partial charge in [0.1, 0.15) is 0 Å². The molecule has 0 N–H and O–H groups in total. The Labute approximate surface area is 240 Å². The molecule has 2 nitrogen and oxygen atoms in total. The van der Waals surface area contributed by atoms with Gasteiger partial charge in [0, 0.05) is 6.42 Å². The Morgan fingerprint density at radius 1 is 0.553 bits per heavy atom. The third-order valence-corrected chi connectivity index (χ3v) is 8.19. The van der Waals surface area contributed by atoms with Crippen molar-refractivity contribution in [2.45, 2.75) is 201 Å². The standard InChI is InChI=1S/C36H70O2/c1-4-6-7-8-9-10-11-12-13-14-18-21-24-27-30-33-36(37)38-34-31-28-25-22-19-16-15-17-20-23-26-29-32-35(3)5-2/h12-13,35H,4-11,14-34H2,1-3H3/b13-12-. The monoisotopic (exact) mass is 535 g/mol. The molecule has 0 aromatic heterocycles. The summed E-state index contributed by atoms with van der Waals surface area (Å²) in [5.41, 5.74) is 0. The van der Waals surface area contributed by atoms with Crippen LogP contribution < -0.4 is 0 Å². The lowest BCUT2D eigenvalue weighted by Crippen LogP contribution is -2.05.